The van der Waals surface area contributed by atoms with Gasteiger partial charge in [-0.2, -0.15) is 0 Å². The summed E-state index contributed by atoms with van der Waals surface area (Å²) in [7, 11) is 0. The molecule has 0 amide bonds. The van der Waals surface area contributed by atoms with Crippen molar-refractivity contribution in [3.8, 4) is 0 Å². The van der Waals surface area contributed by atoms with Gasteiger partial charge in [0.05, 0.1) is 6.10 Å². The summed E-state index contributed by atoms with van der Waals surface area (Å²) in [5.41, 5.74) is 0. The molecule has 1 aliphatic heterocycles. The van der Waals surface area contributed by atoms with Crippen molar-refractivity contribution < 1.29 is 4.74 Å². The molecule has 1 fully saturated rings. The van der Waals surface area contributed by atoms with Gasteiger partial charge in [-0.3, -0.25) is 0 Å². The minimum Gasteiger partial charge on any atom is -0.378 e. The second-order valence-corrected chi connectivity index (χ2v) is 5.86. The van der Waals surface area contributed by atoms with Crippen molar-refractivity contribution in [3.63, 3.8) is 0 Å². The van der Waals surface area contributed by atoms with Crippen LogP contribution in [0.15, 0.2) is 0 Å². The average molecular weight is 264 g/mol. The van der Waals surface area contributed by atoms with Crippen LogP contribution in [0.4, 0.5) is 0 Å². The second-order valence-electron chi connectivity index (χ2n) is 4.30. The fraction of sp³-hybridized carbons (Fsp3) is 1.00. The molecule has 84 valence electrons. The summed E-state index contributed by atoms with van der Waals surface area (Å²) in [5.74, 6) is 0. The first-order chi connectivity index (χ1) is 6.68. The molecule has 2 nitrogen and oxygen atoms in total. The predicted octanol–water partition coefficient (Wildman–Crippen LogP) is 2.71. The summed E-state index contributed by atoms with van der Waals surface area (Å²) >= 11 is 3.57. The van der Waals surface area contributed by atoms with Crippen LogP contribution in [0.3, 0.4) is 0 Å². The van der Waals surface area contributed by atoms with Crippen LogP contribution in [-0.2, 0) is 4.74 Å². The van der Waals surface area contributed by atoms with Gasteiger partial charge in [-0.1, -0.05) is 22.9 Å². The molecule has 3 unspecified atom stereocenters. The van der Waals surface area contributed by atoms with E-state index >= 15 is 0 Å². The molecule has 0 spiro atoms. The lowest BCUT2D eigenvalue weighted by molar-refractivity contribution is 0.103. The van der Waals surface area contributed by atoms with Crippen LogP contribution >= 0.6 is 15.9 Å². The molecule has 1 rings (SSSR count). The number of hydrogen-bond donors (Lipinski definition) is 1. The van der Waals surface area contributed by atoms with Crippen molar-refractivity contribution in [1.82, 2.24) is 5.32 Å². The Bertz CT molecular complexity index is 146. The van der Waals surface area contributed by atoms with Crippen LogP contribution in [0.25, 0.3) is 0 Å². The molecule has 0 radical (unpaired) electrons. The molecule has 1 saturated heterocycles. The van der Waals surface area contributed by atoms with Gasteiger partial charge in [0, 0.05) is 17.5 Å². The van der Waals surface area contributed by atoms with Crippen LogP contribution < -0.4 is 5.32 Å². The minimum atomic E-state index is 0.524. The summed E-state index contributed by atoms with van der Waals surface area (Å²) in [4.78, 5) is 0.604. The Balaban J connectivity index is 1.96. The quantitative estimate of drug-likeness (QED) is 0.745. The third-order valence-electron chi connectivity index (χ3n) is 2.66. The first-order valence-corrected chi connectivity index (χ1v) is 6.59. The Hall–Kier alpha value is 0.400. The Morgan fingerprint density at radius 1 is 1.50 bits per heavy atom. The lowest BCUT2D eigenvalue weighted by Crippen LogP contribution is -2.30. The van der Waals surface area contributed by atoms with E-state index in [1.807, 2.05) is 0 Å². The monoisotopic (exact) mass is 263 g/mol. The van der Waals surface area contributed by atoms with Crippen molar-refractivity contribution in [2.24, 2.45) is 0 Å². The molecule has 1 N–H and O–H groups in total. The van der Waals surface area contributed by atoms with E-state index in [9.17, 15) is 0 Å². The topological polar surface area (TPSA) is 21.3 Å². The van der Waals surface area contributed by atoms with E-state index in [-0.39, 0.29) is 0 Å². The summed E-state index contributed by atoms with van der Waals surface area (Å²) in [6, 6.07) is 0.603. The van der Waals surface area contributed by atoms with Crippen LogP contribution in [0, 0.1) is 0 Å². The number of nitrogens with one attached hydrogen (secondary N) is 1. The number of hydrogen-bond acceptors (Lipinski definition) is 2. The van der Waals surface area contributed by atoms with Crippen molar-refractivity contribution in [3.05, 3.63) is 0 Å². The van der Waals surface area contributed by atoms with Crippen LogP contribution in [0.2, 0.25) is 0 Å². The highest BCUT2D eigenvalue weighted by Gasteiger charge is 2.15. The molecular weight excluding hydrogens is 242 g/mol. The van der Waals surface area contributed by atoms with Crippen molar-refractivity contribution in [1.29, 1.82) is 0 Å². The molecule has 0 aromatic carbocycles. The highest BCUT2D eigenvalue weighted by molar-refractivity contribution is 9.09. The molecule has 0 bridgehead atoms. The van der Waals surface area contributed by atoms with E-state index in [0.29, 0.717) is 17.0 Å². The molecular formula is C11H22BrNO. The molecule has 3 atom stereocenters. The fourth-order valence-corrected chi connectivity index (χ4v) is 2.49. The minimum absolute atomic E-state index is 0.524. The van der Waals surface area contributed by atoms with Gasteiger partial charge in [-0.15, -0.1) is 0 Å². The number of halogens is 1. The third kappa shape index (κ3) is 5.32. The number of rotatable bonds is 6. The standard InChI is InChI=1S/C11H22BrNO/c1-9(12)8-10(2)13-6-5-11-4-3-7-14-11/h9-11,13H,3-8H2,1-2H3. The Morgan fingerprint density at radius 3 is 2.86 bits per heavy atom. The zero-order chi connectivity index (χ0) is 10.4. The van der Waals surface area contributed by atoms with E-state index in [2.05, 4.69) is 35.1 Å². The predicted molar refractivity (Wildman–Crippen MR) is 64.1 cm³/mol. The van der Waals surface area contributed by atoms with Gasteiger partial charge in [0.15, 0.2) is 0 Å². The summed E-state index contributed by atoms with van der Waals surface area (Å²) in [6.45, 7) is 6.50. The van der Waals surface area contributed by atoms with Gasteiger partial charge in [-0.05, 0) is 39.2 Å². The Labute approximate surface area is 95.9 Å². The zero-order valence-corrected chi connectivity index (χ0v) is 10.8. The molecule has 0 saturated carbocycles. The van der Waals surface area contributed by atoms with Gasteiger partial charge in [-0.25, -0.2) is 0 Å². The van der Waals surface area contributed by atoms with E-state index < -0.39 is 0 Å². The third-order valence-corrected chi connectivity index (χ3v) is 3.04. The van der Waals surface area contributed by atoms with Crippen LogP contribution in [-0.4, -0.2) is 30.1 Å². The first kappa shape index (κ1) is 12.5. The van der Waals surface area contributed by atoms with Gasteiger partial charge in [0.2, 0.25) is 0 Å². The average Bonchev–Trinajstić information content (AvgIpc) is 2.55. The normalized spacial score (nSPS) is 26.4. The van der Waals surface area contributed by atoms with Gasteiger partial charge >= 0.3 is 0 Å². The smallest absolute Gasteiger partial charge is 0.0588 e. The van der Waals surface area contributed by atoms with E-state index in [1.54, 1.807) is 0 Å². The zero-order valence-electron chi connectivity index (χ0n) is 9.26. The van der Waals surface area contributed by atoms with Gasteiger partial charge in [0.1, 0.15) is 0 Å². The molecule has 0 aromatic rings. The van der Waals surface area contributed by atoms with E-state index in [4.69, 9.17) is 4.74 Å². The summed E-state index contributed by atoms with van der Waals surface area (Å²) in [6.07, 6.45) is 5.38. The molecule has 0 aliphatic carbocycles. The lowest BCUT2D eigenvalue weighted by Gasteiger charge is -2.16. The summed E-state index contributed by atoms with van der Waals surface area (Å²) < 4.78 is 5.57. The van der Waals surface area contributed by atoms with E-state index in [0.717, 1.165) is 13.2 Å². The maximum atomic E-state index is 5.57. The molecule has 1 heterocycles. The maximum absolute atomic E-state index is 5.57. The fourth-order valence-electron chi connectivity index (χ4n) is 1.93. The lowest BCUT2D eigenvalue weighted by atomic mass is 10.1. The first-order valence-electron chi connectivity index (χ1n) is 5.67. The van der Waals surface area contributed by atoms with Crippen LogP contribution in [0.1, 0.15) is 39.5 Å². The van der Waals surface area contributed by atoms with Gasteiger partial charge in [0.25, 0.3) is 0 Å². The SMILES string of the molecule is CC(Br)CC(C)NCCC1CCCO1. The maximum Gasteiger partial charge on any atom is 0.0588 e. The number of ether oxygens (including phenoxy) is 1. The Morgan fingerprint density at radius 2 is 2.29 bits per heavy atom. The van der Waals surface area contributed by atoms with Crippen molar-refractivity contribution in [2.45, 2.75) is 56.5 Å². The molecule has 14 heavy (non-hydrogen) atoms. The van der Waals surface area contributed by atoms with E-state index in [1.165, 1.54) is 25.7 Å². The highest BCUT2D eigenvalue weighted by atomic mass is 79.9. The van der Waals surface area contributed by atoms with Gasteiger partial charge < -0.3 is 10.1 Å². The van der Waals surface area contributed by atoms with Crippen LogP contribution in [0.5, 0.6) is 0 Å². The molecule has 0 aromatic heterocycles. The highest BCUT2D eigenvalue weighted by Crippen LogP contribution is 2.14. The van der Waals surface area contributed by atoms with Crippen molar-refractivity contribution in [2.75, 3.05) is 13.2 Å². The molecule has 3 heteroatoms. The second kappa shape index (κ2) is 6.81. The molecule has 1 aliphatic rings. The van der Waals surface area contributed by atoms with Crippen molar-refractivity contribution >= 4 is 15.9 Å². The Kier molecular flexibility index (Phi) is 6.06. The number of alkyl halides is 1. The summed E-state index contributed by atoms with van der Waals surface area (Å²) in [5, 5.41) is 3.53. The largest absolute Gasteiger partial charge is 0.378 e.